The highest BCUT2D eigenvalue weighted by atomic mass is 19.1. The van der Waals surface area contributed by atoms with E-state index in [0.717, 1.165) is 17.0 Å². The molecule has 5 nitrogen and oxygen atoms in total. The van der Waals surface area contributed by atoms with E-state index in [2.05, 4.69) is 0 Å². The van der Waals surface area contributed by atoms with Gasteiger partial charge < -0.3 is 9.84 Å². The quantitative estimate of drug-likeness (QED) is 0.894. The fourth-order valence-corrected chi connectivity index (χ4v) is 2.74. The number of benzene rings is 1. The van der Waals surface area contributed by atoms with Crippen molar-refractivity contribution >= 4 is 12.1 Å². The zero-order valence-electron chi connectivity index (χ0n) is 13.9. The van der Waals surface area contributed by atoms with Gasteiger partial charge >= 0.3 is 12.1 Å². The van der Waals surface area contributed by atoms with Crippen LogP contribution < -0.4 is 0 Å². The van der Waals surface area contributed by atoms with E-state index in [9.17, 15) is 19.1 Å². The van der Waals surface area contributed by atoms with Gasteiger partial charge in [0.2, 0.25) is 0 Å². The minimum Gasteiger partial charge on any atom is -0.480 e. The third kappa shape index (κ3) is 4.01. The maximum absolute atomic E-state index is 15.3. The third-order valence-corrected chi connectivity index (χ3v) is 3.92. The predicted molar refractivity (Wildman–Crippen MR) is 82.8 cm³/mol. The van der Waals surface area contributed by atoms with Gasteiger partial charge in [0, 0.05) is 19.4 Å². The largest absolute Gasteiger partial charge is 0.480 e. The van der Waals surface area contributed by atoms with E-state index >= 15 is 4.39 Å². The predicted octanol–water partition coefficient (Wildman–Crippen LogP) is 3.47. The van der Waals surface area contributed by atoms with Crippen LogP contribution in [0.25, 0.3) is 0 Å². The first kappa shape index (κ1) is 18.2. The maximum Gasteiger partial charge on any atom is 0.411 e. The summed E-state index contributed by atoms with van der Waals surface area (Å²) in [6, 6.07) is 3.53. The lowest BCUT2D eigenvalue weighted by Crippen LogP contribution is -2.54. The van der Waals surface area contributed by atoms with Crippen molar-refractivity contribution in [2.75, 3.05) is 6.54 Å². The normalized spacial score (nSPS) is 24.5. The highest BCUT2D eigenvalue weighted by molar-refractivity contribution is 5.80. The number of hydrogen-bond acceptors (Lipinski definition) is 3. The molecule has 1 N–H and O–H groups in total. The number of aliphatic carboxylic acids is 1. The van der Waals surface area contributed by atoms with Crippen molar-refractivity contribution in [3.63, 3.8) is 0 Å². The minimum atomic E-state index is -1.94. The summed E-state index contributed by atoms with van der Waals surface area (Å²) in [5.41, 5.74) is -2.50. The van der Waals surface area contributed by atoms with Gasteiger partial charge in [-0.3, -0.25) is 4.90 Å². The standard InChI is InChI=1S/C17H21F2NO4/c1-16(2,3)24-15(23)20-9-8-17(19,10-13(20)14(21)22)11-4-6-12(18)7-5-11/h4-7,13H,8-10H2,1-3H3,(H,21,22)/t13-,17?/m1/s1. The van der Waals surface area contributed by atoms with E-state index in [-0.39, 0.29) is 18.5 Å². The zero-order chi connectivity index (χ0) is 18.1. The Bertz CT molecular complexity index is 626. The Labute approximate surface area is 139 Å². The Morgan fingerprint density at radius 3 is 2.38 bits per heavy atom. The summed E-state index contributed by atoms with van der Waals surface area (Å²) in [7, 11) is 0. The number of carbonyl (C=O) groups excluding carboxylic acids is 1. The van der Waals surface area contributed by atoms with E-state index in [1.165, 1.54) is 12.1 Å². The zero-order valence-corrected chi connectivity index (χ0v) is 13.9. The fourth-order valence-electron chi connectivity index (χ4n) is 2.74. The Hall–Kier alpha value is -2.18. The number of carboxylic acids is 1. The molecule has 0 spiro atoms. The van der Waals surface area contributed by atoms with Crippen LogP contribution in [0.5, 0.6) is 0 Å². The van der Waals surface area contributed by atoms with Crippen LogP contribution in [0, 0.1) is 5.82 Å². The van der Waals surface area contributed by atoms with Crippen LogP contribution in [-0.2, 0) is 15.2 Å². The summed E-state index contributed by atoms with van der Waals surface area (Å²) >= 11 is 0. The highest BCUT2D eigenvalue weighted by Gasteiger charge is 2.47. The Kier molecular flexibility index (Phi) is 4.82. The molecule has 1 aliphatic rings. The second-order valence-electron chi connectivity index (χ2n) is 6.95. The summed E-state index contributed by atoms with van der Waals surface area (Å²) in [6.07, 6.45) is -1.27. The lowest BCUT2D eigenvalue weighted by atomic mass is 9.82. The molecule has 1 heterocycles. The van der Waals surface area contributed by atoms with Crippen molar-refractivity contribution in [3.8, 4) is 0 Å². The molecule has 1 unspecified atom stereocenters. The average molecular weight is 341 g/mol. The van der Waals surface area contributed by atoms with Gasteiger partial charge in [-0.1, -0.05) is 12.1 Å². The smallest absolute Gasteiger partial charge is 0.411 e. The third-order valence-electron chi connectivity index (χ3n) is 3.92. The molecule has 7 heteroatoms. The van der Waals surface area contributed by atoms with E-state index in [1.54, 1.807) is 20.8 Å². The van der Waals surface area contributed by atoms with Crippen molar-refractivity contribution in [1.82, 2.24) is 4.90 Å². The SMILES string of the molecule is CC(C)(C)OC(=O)N1CCC(F)(c2ccc(F)cc2)C[C@@H]1C(=O)O. The summed E-state index contributed by atoms with van der Waals surface area (Å²) in [5, 5.41) is 9.40. The van der Waals surface area contributed by atoms with E-state index in [0.29, 0.717) is 0 Å². The van der Waals surface area contributed by atoms with Crippen molar-refractivity contribution in [2.24, 2.45) is 0 Å². The first-order chi connectivity index (χ1) is 11.0. The molecular weight excluding hydrogens is 320 g/mol. The van der Waals surface area contributed by atoms with Crippen LogP contribution >= 0.6 is 0 Å². The van der Waals surface area contributed by atoms with E-state index < -0.39 is 41.6 Å². The summed E-state index contributed by atoms with van der Waals surface area (Å²) in [4.78, 5) is 24.8. The molecule has 1 aromatic rings. The number of piperidine rings is 1. The van der Waals surface area contributed by atoms with Gasteiger partial charge in [0.05, 0.1) is 0 Å². The molecule has 24 heavy (non-hydrogen) atoms. The Balaban J connectivity index is 2.23. The first-order valence-electron chi connectivity index (χ1n) is 7.69. The second kappa shape index (κ2) is 6.37. The van der Waals surface area contributed by atoms with Gasteiger partial charge in [-0.15, -0.1) is 0 Å². The van der Waals surface area contributed by atoms with Gasteiger partial charge in [-0.2, -0.15) is 0 Å². The van der Waals surface area contributed by atoms with Crippen molar-refractivity contribution in [3.05, 3.63) is 35.6 Å². The lowest BCUT2D eigenvalue weighted by Gasteiger charge is -2.41. The number of nitrogens with zero attached hydrogens (tertiary/aromatic N) is 1. The second-order valence-corrected chi connectivity index (χ2v) is 6.95. The molecule has 1 fully saturated rings. The molecule has 1 saturated heterocycles. The van der Waals surface area contributed by atoms with E-state index in [1.807, 2.05) is 0 Å². The van der Waals surface area contributed by atoms with E-state index in [4.69, 9.17) is 4.74 Å². The molecule has 132 valence electrons. The van der Waals surface area contributed by atoms with Gasteiger partial charge in [0.15, 0.2) is 0 Å². The molecule has 0 radical (unpaired) electrons. The van der Waals surface area contributed by atoms with Crippen LogP contribution in [0.1, 0.15) is 39.2 Å². The lowest BCUT2D eigenvalue weighted by molar-refractivity contribution is -0.147. The van der Waals surface area contributed by atoms with Gasteiger partial charge in [0.25, 0.3) is 0 Å². The average Bonchev–Trinajstić information content (AvgIpc) is 2.45. The molecule has 0 bridgehead atoms. The number of alkyl halides is 1. The number of hydrogen-bond donors (Lipinski definition) is 1. The van der Waals surface area contributed by atoms with Gasteiger partial charge in [-0.05, 0) is 38.5 Å². The van der Waals surface area contributed by atoms with Crippen molar-refractivity contribution < 1.29 is 28.2 Å². The molecule has 2 atom stereocenters. The number of amides is 1. The topological polar surface area (TPSA) is 66.8 Å². The highest BCUT2D eigenvalue weighted by Crippen LogP contribution is 2.40. The number of ether oxygens (including phenoxy) is 1. The molecule has 0 saturated carbocycles. The van der Waals surface area contributed by atoms with Crippen LogP contribution in [0.4, 0.5) is 13.6 Å². The summed E-state index contributed by atoms with van der Waals surface area (Å²) < 4.78 is 33.5. The minimum absolute atomic E-state index is 0.0817. The number of carbonyl (C=O) groups is 2. The molecule has 0 aromatic heterocycles. The van der Waals surface area contributed by atoms with Crippen LogP contribution in [-0.4, -0.2) is 40.3 Å². The maximum atomic E-state index is 15.3. The van der Waals surface area contributed by atoms with Crippen LogP contribution in [0.2, 0.25) is 0 Å². The van der Waals surface area contributed by atoms with Gasteiger partial charge in [0.1, 0.15) is 23.1 Å². The molecule has 1 aliphatic heterocycles. The summed E-state index contributed by atoms with van der Waals surface area (Å²) in [6.45, 7) is 4.91. The number of halogens is 2. The Morgan fingerprint density at radius 2 is 1.88 bits per heavy atom. The van der Waals surface area contributed by atoms with Crippen LogP contribution in [0.3, 0.4) is 0 Å². The molecule has 0 aliphatic carbocycles. The Morgan fingerprint density at radius 1 is 1.29 bits per heavy atom. The first-order valence-corrected chi connectivity index (χ1v) is 7.69. The van der Waals surface area contributed by atoms with Crippen molar-refractivity contribution in [2.45, 2.75) is 50.9 Å². The monoisotopic (exact) mass is 341 g/mol. The van der Waals surface area contributed by atoms with Gasteiger partial charge in [-0.25, -0.2) is 18.4 Å². The van der Waals surface area contributed by atoms with Crippen molar-refractivity contribution in [1.29, 1.82) is 0 Å². The number of carboxylic acid groups (broad SMARTS) is 1. The molecule has 1 aromatic carbocycles. The molecule has 2 rings (SSSR count). The molecular formula is C17H21F2NO4. The molecule has 1 amide bonds. The summed E-state index contributed by atoms with van der Waals surface area (Å²) in [5.74, 6) is -1.80. The number of likely N-dealkylation sites (tertiary alicyclic amines) is 1. The fraction of sp³-hybridized carbons (Fsp3) is 0.529. The number of rotatable bonds is 2. The van der Waals surface area contributed by atoms with Crippen LogP contribution in [0.15, 0.2) is 24.3 Å².